The molecule has 0 aromatic carbocycles. The van der Waals surface area contributed by atoms with E-state index < -0.39 is 5.97 Å². The van der Waals surface area contributed by atoms with Gasteiger partial charge in [-0.05, 0) is 19.9 Å². The average Bonchev–Trinajstić information content (AvgIpc) is 3.09. The summed E-state index contributed by atoms with van der Waals surface area (Å²) in [6.07, 6.45) is 2.48. The monoisotopic (exact) mass is 243 g/mol. The summed E-state index contributed by atoms with van der Waals surface area (Å²) in [4.78, 5) is 25.5. The number of nitrogens with zero attached hydrogens (tertiary/aromatic N) is 2. The van der Waals surface area contributed by atoms with Crippen LogP contribution in [0.15, 0.2) is 0 Å². The van der Waals surface area contributed by atoms with E-state index >= 15 is 0 Å². The van der Waals surface area contributed by atoms with Crippen molar-refractivity contribution in [3.05, 3.63) is 0 Å². The summed E-state index contributed by atoms with van der Waals surface area (Å²) < 4.78 is 0. The summed E-state index contributed by atoms with van der Waals surface area (Å²) in [5.74, 6) is -0.891. The van der Waals surface area contributed by atoms with Gasteiger partial charge in [-0.3, -0.25) is 4.79 Å². The molecular weight excluding hydrogens is 222 g/mol. The van der Waals surface area contributed by atoms with Gasteiger partial charge in [0.2, 0.25) is 0 Å². The third kappa shape index (κ3) is 5.53. The van der Waals surface area contributed by atoms with Crippen LogP contribution in [-0.4, -0.2) is 66.7 Å². The molecular formula is C11H21N3O3. The van der Waals surface area contributed by atoms with E-state index in [4.69, 9.17) is 5.11 Å². The van der Waals surface area contributed by atoms with Crippen molar-refractivity contribution >= 4 is 12.0 Å². The van der Waals surface area contributed by atoms with Crippen LogP contribution in [-0.2, 0) is 4.79 Å². The number of carboxylic acids is 1. The van der Waals surface area contributed by atoms with Crippen molar-refractivity contribution in [2.45, 2.75) is 25.3 Å². The van der Waals surface area contributed by atoms with Gasteiger partial charge in [-0.1, -0.05) is 0 Å². The van der Waals surface area contributed by atoms with Crippen molar-refractivity contribution < 1.29 is 14.7 Å². The number of carboxylic acid groups (broad SMARTS) is 1. The molecule has 0 radical (unpaired) electrons. The van der Waals surface area contributed by atoms with E-state index in [-0.39, 0.29) is 19.0 Å². The number of carbonyl (C=O) groups excluding carboxylic acids is 1. The van der Waals surface area contributed by atoms with Gasteiger partial charge >= 0.3 is 12.0 Å². The summed E-state index contributed by atoms with van der Waals surface area (Å²) in [6, 6.07) is 0.479. The fourth-order valence-electron chi connectivity index (χ4n) is 1.54. The zero-order valence-electron chi connectivity index (χ0n) is 10.5. The third-order valence-corrected chi connectivity index (χ3v) is 2.92. The lowest BCUT2D eigenvalue weighted by molar-refractivity contribution is -0.137. The number of hydrogen-bond acceptors (Lipinski definition) is 3. The van der Waals surface area contributed by atoms with E-state index in [0.29, 0.717) is 12.6 Å². The summed E-state index contributed by atoms with van der Waals surface area (Å²) in [6.45, 7) is 1.67. The topological polar surface area (TPSA) is 72.9 Å². The molecule has 17 heavy (non-hydrogen) atoms. The zero-order chi connectivity index (χ0) is 12.8. The predicted molar refractivity (Wildman–Crippen MR) is 63.9 cm³/mol. The van der Waals surface area contributed by atoms with Crippen LogP contribution in [0.5, 0.6) is 0 Å². The van der Waals surface area contributed by atoms with Crippen LogP contribution in [0.4, 0.5) is 4.79 Å². The lowest BCUT2D eigenvalue weighted by Gasteiger charge is -2.19. The number of nitrogens with one attached hydrogen (secondary N) is 1. The largest absolute Gasteiger partial charge is 0.481 e. The molecule has 0 aromatic rings. The maximum atomic E-state index is 11.5. The molecule has 0 aromatic heterocycles. The zero-order valence-corrected chi connectivity index (χ0v) is 10.5. The summed E-state index contributed by atoms with van der Waals surface area (Å²) in [5, 5.41) is 11.3. The quantitative estimate of drug-likeness (QED) is 0.670. The number of aliphatic carboxylic acids is 1. The van der Waals surface area contributed by atoms with Gasteiger partial charge in [-0.2, -0.15) is 0 Å². The Morgan fingerprint density at radius 3 is 2.47 bits per heavy atom. The van der Waals surface area contributed by atoms with Crippen molar-refractivity contribution in [3.8, 4) is 0 Å². The van der Waals surface area contributed by atoms with Crippen LogP contribution in [0, 0.1) is 0 Å². The molecule has 1 aliphatic rings. The van der Waals surface area contributed by atoms with Gasteiger partial charge in [0.15, 0.2) is 0 Å². The van der Waals surface area contributed by atoms with Gasteiger partial charge in [0.1, 0.15) is 0 Å². The first-order valence-electron chi connectivity index (χ1n) is 5.91. The molecule has 6 heteroatoms. The number of rotatable bonds is 7. The van der Waals surface area contributed by atoms with E-state index in [0.717, 1.165) is 6.54 Å². The van der Waals surface area contributed by atoms with E-state index in [2.05, 4.69) is 17.3 Å². The van der Waals surface area contributed by atoms with Crippen LogP contribution in [0.25, 0.3) is 0 Å². The molecule has 0 aliphatic heterocycles. The van der Waals surface area contributed by atoms with Crippen LogP contribution < -0.4 is 5.32 Å². The molecule has 2 amide bonds. The number of amides is 2. The number of hydrogen-bond donors (Lipinski definition) is 2. The summed E-state index contributed by atoms with van der Waals surface area (Å²) >= 11 is 0. The molecule has 1 fully saturated rings. The van der Waals surface area contributed by atoms with Gasteiger partial charge < -0.3 is 20.2 Å². The van der Waals surface area contributed by atoms with Crippen LogP contribution in [0.1, 0.15) is 19.3 Å². The van der Waals surface area contributed by atoms with Crippen molar-refractivity contribution in [2.75, 3.05) is 33.7 Å². The first-order valence-corrected chi connectivity index (χ1v) is 5.91. The Labute approximate surface area is 102 Å². The molecule has 0 unspecified atom stereocenters. The molecule has 0 atom stereocenters. The highest BCUT2D eigenvalue weighted by Crippen LogP contribution is 2.24. The second-order valence-corrected chi connectivity index (χ2v) is 4.51. The second kappa shape index (κ2) is 6.44. The fourth-order valence-corrected chi connectivity index (χ4v) is 1.54. The Kier molecular flexibility index (Phi) is 5.21. The first-order chi connectivity index (χ1) is 8.00. The fraction of sp³-hybridized carbons (Fsp3) is 0.818. The van der Waals surface area contributed by atoms with Crippen LogP contribution >= 0.6 is 0 Å². The number of carbonyl (C=O) groups is 2. The first kappa shape index (κ1) is 13.8. The Morgan fingerprint density at radius 1 is 1.29 bits per heavy atom. The van der Waals surface area contributed by atoms with E-state index in [1.165, 1.54) is 17.7 Å². The van der Waals surface area contributed by atoms with Gasteiger partial charge in [0.25, 0.3) is 0 Å². The lowest BCUT2D eigenvalue weighted by atomic mass is 10.4. The Morgan fingerprint density at radius 2 is 1.94 bits per heavy atom. The maximum absolute atomic E-state index is 11.5. The minimum absolute atomic E-state index is 0.0219. The Hall–Kier alpha value is -1.30. The molecule has 0 bridgehead atoms. The predicted octanol–water partition coefficient (Wildman–Crippen LogP) is 0.197. The smallest absolute Gasteiger partial charge is 0.317 e. The molecule has 1 saturated carbocycles. The standard InChI is InChI=1S/C11H21N3O3/c1-13(9-3-4-9)8-6-12-11(17)14(2)7-5-10(15)16/h9H,3-8H2,1-2H3,(H,12,17)(H,15,16). The Balaban J connectivity index is 2.08. The highest BCUT2D eigenvalue weighted by atomic mass is 16.4. The van der Waals surface area contributed by atoms with E-state index in [1.54, 1.807) is 7.05 Å². The minimum Gasteiger partial charge on any atom is -0.481 e. The van der Waals surface area contributed by atoms with Gasteiger partial charge in [0.05, 0.1) is 6.42 Å². The van der Waals surface area contributed by atoms with Gasteiger partial charge in [-0.15, -0.1) is 0 Å². The maximum Gasteiger partial charge on any atom is 0.317 e. The van der Waals surface area contributed by atoms with Gasteiger partial charge in [-0.25, -0.2) is 4.79 Å². The highest BCUT2D eigenvalue weighted by molar-refractivity contribution is 5.74. The van der Waals surface area contributed by atoms with Gasteiger partial charge in [0, 0.05) is 32.7 Å². The van der Waals surface area contributed by atoms with Crippen LogP contribution in [0.3, 0.4) is 0 Å². The number of urea groups is 1. The molecule has 98 valence electrons. The molecule has 0 heterocycles. The molecule has 2 N–H and O–H groups in total. The van der Waals surface area contributed by atoms with E-state index in [9.17, 15) is 9.59 Å². The highest BCUT2D eigenvalue weighted by Gasteiger charge is 2.25. The second-order valence-electron chi connectivity index (χ2n) is 4.51. The molecule has 0 spiro atoms. The van der Waals surface area contributed by atoms with Crippen molar-refractivity contribution in [2.24, 2.45) is 0 Å². The molecule has 6 nitrogen and oxygen atoms in total. The summed E-state index contributed by atoms with van der Waals surface area (Å²) in [5.41, 5.74) is 0. The Bertz CT molecular complexity index is 279. The normalized spacial score (nSPS) is 14.8. The molecule has 1 rings (SSSR count). The minimum atomic E-state index is -0.891. The SMILES string of the molecule is CN(CCC(=O)O)C(=O)NCCN(C)C1CC1. The molecule has 1 aliphatic carbocycles. The molecule has 0 saturated heterocycles. The van der Waals surface area contributed by atoms with Crippen LogP contribution in [0.2, 0.25) is 0 Å². The number of likely N-dealkylation sites (N-methyl/N-ethyl adjacent to an activating group) is 1. The van der Waals surface area contributed by atoms with Crippen molar-refractivity contribution in [1.29, 1.82) is 0 Å². The summed E-state index contributed by atoms with van der Waals surface area (Å²) in [7, 11) is 3.65. The van der Waals surface area contributed by atoms with Crippen molar-refractivity contribution in [3.63, 3.8) is 0 Å². The lowest BCUT2D eigenvalue weighted by Crippen LogP contribution is -2.41. The average molecular weight is 243 g/mol. The van der Waals surface area contributed by atoms with Crippen molar-refractivity contribution in [1.82, 2.24) is 15.1 Å². The third-order valence-electron chi connectivity index (χ3n) is 2.92. The van der Waals surface area contributed by atoms with E-state index in [1.807, 2.05) is 0 Å².